The topological polar surface area (TPSA) is 52.6 Å². The lowest BCUT2D eigenvalue weighted by Crippen LogP contribution is -2.38. The van der Waals surface area contributed by atoms with Gasteiger partial charge in [-0.25, -0.2) is 8.42 Å². The van der Waals surface area contributed by atoms with Gasteiger partial charge >= 0.3 is 0 Å². The molecule has 2 rings (SSSR count). The van der Waals surface area contributed by atoms with Crippen LogP contribution >= 0.6 is 10.7 Å². The van der Waals surface area contributed by atoms with E-state index in [1.54, 1.807) is 0 Å². The number of rotatable bonds is 6. The lowest BCUT2D eigenvalue weighted by molar-refractivity contribution is -0.135. The standard InChI is InChI=1S/C9H15ClO4S/c10-15(11,12)6-8(7-1-2-7)3-14-9-4-13-5-9/h7-9H,1-6H2. The van der Waals surface area contributed by atoms with E-state index in [2.05, 4.69) is 0 Å². The third-order valence-corrected chi connectivity index (χ3v) is 4.06. The quantitative estimate of drug-likeness (QED) is 0.664. The van der Waals surface area contributed by atoms with Crippen molar-refractivity contribution in [2.75, 3.05) is 25.6 Å². The van der Waals surface area contributed by atoms with Gasteiger partial charge in [0.2, 0.25) is 9.05 Å². The molecule has 1 saturated carbocycles. The Kier molecular flexibility index (Phi) is 3.55. The zero-order valence-electron chi connectivity index (χ0n) is 8.39. The van der Waals surface area contributed by atoms with Gasteiger partial charge in [-0.2, -0.15) is 0 Å². The molecule has 1 atom stereocenters. The first kappa shape index (κ1) is 11.6. The van der Waals surface area contributed by atoms with Crippen LogP contribution in [-0.2, 0) is 18.5 Å². The molecular weight excluding hydrogens is 240 g/mol. The minimum Gasteiger partial charge on any atom is -0.376 e. The van der Waals surface area contributed by atoms with E-state index >= 15 is 0 Å². The fraction of sp³-hybridized carbons (Fsp3) is 1.00. The summed E-state index contributed by atoms with van der Waals surface area (Å²) in [6.07, 6.45) is 2.35. The largest absolute Gasteiger partial charge is 0.376 e. The van der Waals surface area contributed by atoms with Crippen molar-refractivity contribution in [1.82, 2.24) is 0 Å². The summed E-state index contributed by atoms with van der Waals surface area (Å²) in [5.41, 5.74) is 0. The second-order valence-corrected chi connectivity index (χ2v) is 7.12. The van der Waals surface area contributed by atoms with Crippen LogP contribution in [-0.4, -0.2) is 40.1 Å². The van der Waals surface area contributed by atoms with Crippen LogP contribution in [0.3, 0.4) is 0 Å². The van der Waals surface area contributed by atoms with Gasteiger partial charge in [0.15, 0.2) is 0 Å². The highest BCUT2D eigenvalue weighted by Gasteiger charge is 2.35. The van der Waals surface area contributed by atoms with Crippen molar-refractivity contribution in [3.63, 3.8) is 0 Å². The van der Waals surface area contributed by atoms with E-state index in [0.717, 1.165) is 12.8 Å². The van der Waals surface area contributed by atoms with Gasteiger partial charge in [-0.3, -0.25) is 0 Å². The molecule has 0 aromatic heterocycles. The van der Waals surface area contributed by atoms with E-state index < -0.39 is 9.05 Å². The molecule has 2 fully saturated rings. The molecule has 0 aromatic carbocycles. The molecule has 4 nitrogen and oxygen atoms in total. The maximum Gasteiger partial charge on any atom is 0.232 e. The molecule has 0 aromatic rings. The molecule has 0 N–H and O–H groups in total. The highest BCUT2D eigenvalue weighted by molar-refractivity contribution is 8.13. The van der Waals surface area contributed by atoms with E-state index in [0.29, 0.717) is 25.7 Å². The van der Waals surface area contributed by atoms with Gasteiger partial charge in [0.1, 0.15) is 6.10 Å². The molecule has 1 saturated heterocycles. The summed E-state index contributed by atoms with van der Waals surface area (Å²) < 4.78 is 32.5. The SMILES string of the molecule is O=S(=O)(Cl)CC(COC1COC1)C1CC1. The Morgan fingerprint density at radius 3 is 2.47 bits per heavy atom. The maximum atomic E-state index is 11.0. The average Bonchev–Trinajstić information content (AvgIpc) is 2.78. The summed E-state index contributed by atoms with van der Waals surface area (Å²) in [6, 6.07) is 0. The first-order chi connectivity index (χ1) is 7.04. The molecular formula is C9H15ClO4S. The van der Waals surface area contributed by atoms with Crippen LogP contribution in [0.4, 0.5) is 0 Å². The Labute approximate surface area is 94.3 Å². The Bertz CT molecular complexity index is 308. The summed E-state index contributed by atoms with van der Waals surface area (Å²) >= 11 is 0. The minimum atomic E-state index is -3.40. The molecule has 88 valence electrons. The first-order valence-electron chi connectivity index (χ1n) is 5.16. The van der Waals surface area contributed by atoms with E-state index in [4.69, 9.17) is 20.2 Å². The number of ether oxygens (including phenoxy) is 2. The van der Waals surface area contributed by atoms with Crippen molar-refractivity contribution in [2.24, 2.45) is 11.8 Å². The van der Waals surface area contributed by atoms with Gasteiger partial charge in [-0.15, -0.1) is 0 Å². The van der Waals surface area contributed by atoms with Gasteiger partial charge in [0.25, 0.3) is 0 Å². The monoisotopic (exact) mass is 254 g/mol. The van der Waals surface area contributed by atoms with Crippen molar-refractivity contribution < 1.29 is 17.9 Å². The summed E-state index contributed by atoms with van der Waals surface area (Å²) in [5, 5.41) is 0. The molecule has 1 aliphatic carbocycles. The lowest BCUT2D eigenvalue weighted by atomic mass is 10.1. The Hall–Kier alpha value is 0.160. The fourth-order valence-corrected chi connectivity index (χ4v) is 3.08. The van der Waals surface area contributed by atoms with Crippen LogP contribution in [0.25, 0.3) is 0 Å². The molecule has 0 amide bonds. The number of hydrogen-bond donors (Lipinski definition) is 0. The van der Waals surface area contributed by atoms with E-state index in [9.17, 15) is 8.42 Å². The zero-order chi connectivity index (χ0) is 10.9. The van der Waals surface area contributed by atoms with E-state index in [1.807, 2.05) is 0 Å². The molecule has 0 radical (unpaired) electrons. The summed E-state index contributed by atoms with van der Waals surface area (Å²) in [6.45, 7) is 1.75. The van der Waals surface area contributed by atoms with E-state index in [-0.39, 0.29) is 17.8 Å². The molecule has 6 heteroatoms. The average molecular weight is 255 g/mol. The van der Waals surface area contributed by atoms with Crippen molar-refractivity contribution >= 4 is 19.7 Å². The van der Waals surface area contributed by atoms with Gasteiger partial charge in [-0.1, -0.05) is 0 Å². The van der Waals surface area contributed by atoms with Crippen molar-refractivity contribution in [2.45, 2.75) is 18.9 Å². The molecule has 1 heterocycles. The van der Waals surface area contributed by atoms with Crippen LogP contribution in [0, 0.1) is 11.8 Å². The van der Waals surface area contributed by atoms with Gasteiger partial charge in [0, 0.05) is 16.6 Å². The zero-order valence-corrected chi connectivity index (χ0v) is 9.97. The highest BCUT2D eigenvalue weighted by Crippen LogP contribution is 2.38. The van der Waals surface area contributed by atoms with Crippen LogP contribution in [0.5, 0.6) is 0 Å². The van der Waals surface area contributed by atoms with Crippen LogP contribution in [0.15, 0.2) is 0 Å². The summed E-state index contributed by atoms with van der Waals surface area (Å²) in [7, 11) is 1.85. The summed E-state index contributed by atoms with van der Waals surface area (Å²) in [4.78, 5) is 0. The van der Waals surface area contributed by atoms with Crippen molar-refractivity contribution in [3.8, 4) is 0 Å². The highest BCUT2D eigenvalue weighted by atomic mass is 35.7. The molecule has 1 unspecified atom stereocenters. The van der Waals surface area contributed by atoms with Gasteiger partial charge < -0.3 is 9.47 Å². The maximum absolute atomic E-state index is 11.0. The molecule has 0 bridgehead atoms. The Morgan fingerprint density at radius 1 is 1.40 bits per heavy atom. The lowest BCUT2D eigenvalue weighted by Gasteiger charge is -2.28. The first-order valence-corrected chi connectivity index (χ1v) is 7.64. The van der Waals surface area contributed by atoms with E-state index in [1.165, 1.54) is 0 Å². The summed E-state index contributed by atoms with van der Waals surface area (Å²) in [5.74, 6) is 0.583. The molecule has 1 aliphatic heterocycles. The number of hydrogen-bond acceptors (Lipinski definition) is 4. The number of halogens is 1. The van der Waals surface area contributed by atoms with Crippen LogP contribution in [0.2, 0.25) is 0 Å². The normalized spacial score (nSPS) is 24.9. The second kappa shape index (κ2) is 4.57. The van der Waals surface area contributed by atoms with Gasteiger partial charge in [0.05, 0.1) is 25.6 Å². The van der Waals surface area contributed by atoms with Gasteiger partial charge in [-0.05, 0) is 18.8 Å². The van der Waals surface area contributed by atoms with Crippen molar-refractivity contribution in [1.29, 1.82) is 0 Å². The predicted molar refractivity (Wildman–Crippen MR) is 56.4 cm³/mol. The third kappa shape index (κ3) is 3.90. The van der Waals surface area contributed by atoms with Crippen molar-refractivity contribution in [3.05, 3.63) is 0 Å². The predicted octanol–water partition coefficient (Wildman–Crippen LogP) is 0.997. The van der Waals surface area contributed by atoms with Crippen LogP contribution < -0.4 is 0 Å². The fourth-order valence-electron chi connectivity index (χ4n) is 1.71. The molecule has 15 heavy (non-hydrogen) atoms. The third-order valence-electron chi connectivity index (χ3n) is 2.86. The second-order valence-electron chi connectivity index (χ2n) is 4.30. The molecule has 0 spiro atoms. The Balaban J connectivity index is 1.77. The minimum absolute atomic E-state index is 0.0345. The Morgan fingerprint density at radius 2 is 2.07 bits per heavy atom. The van der Waals surface area contributed by atoms with Crippen LogP contribution in [0.1, 0.15) is 12.8 Å². The smallest absolute Gasteiger partial charge is 0.232 e. The molecule has 2 aliphatic rings.